The van der Waals surface area contributed by atoms with Gasteiger partial charge in [0.1, 0.15) is 0 Å². The number of nitrogens with two attached hydrogens (primary N) is 2. The maximum Gasteiger partial charge on any atom is 0.0299 e. The van der Waals surface area contributed by atoms with Crippen LogP contribution >= 0.6 is 0 Å². The molecule has 0 aromatic carbocycles. The molecule has 0 aromatic rings. The summed E-state index contributed by atoms with van der Waals surface area (Å²) < 4.78 is 0. The van der Waals surface area contributed by atoms with E-state index in [4.69, 9.17) is 11.5 Å². The van der Waals surface area contributed by atoms with E-state index in [0.717, 1.165) is 25.8 Å². The lowest BCUT2D eigenvalue weighted by molar-refractivity contribution is 0.615. The summed E-state index contributed by atoms with van der Waals surface area (Å²) >= 11 is 0. The lowest BCUT2D eigenvalue weighted by Gasteiger charge is -2.20. The van der Waals surface area contributed by atoms with Crippen LogP contribution in [0.3, 0.4) is 0 Å². The van der Waals surface area contributed by atoms with Gasteiger partial charge in [0.15, 0.2) is 0 Å². The molecule has 1 aliphatic carbocycles. The van der Waals surface area contributed by atoms with Crippen LogP contribution in [0.2, 0.25) is 0 Å². The zero-order chi connectivity index (χ0) is 28.2. The first-order valence-corrected chi connectivity index (χ1v) is 15.5. The minimum atomic E-state index is 0.115. The van der Waals surface area contributed by atoms with Crippen molar-refractivity contribution in [3.05, 3.63) is 65.5 Å². The molecule has 1 unspecified atom stereocenters. The maximum absolute atomic E-state index is 5.63. The third kappa shape index (κ3) is 23.3. The predicted octanol–water partition coefficient (Wildman–Crippen LogP) is 10.7. The highest BCUT2D eigenvalue weighted by Crippen LogP contribution is 2.32. The maximum atomic E-state index is 5.63. The molecule has 4 N–H and O–H groups in total. The van der Waals surface area contributed by atoms with Gasteiger partial charge in [-0.25, -0.2) is 0 Å². The van der Waals surface area contributed by atoms with Gasteiger partial charge >= 0.3 is 0 Å². The van der Waals surface area contributed by atoms with E-state index in [-0.39, 0.29) is 6.04 Å². The van der Waals surface area contributed by atoms with Crippen molar-refractivity contribution in [3.8, 4) is 0 Å². The summed E-state index contributed by atoms with van der Waals surface area (Å²) in [4.78, 5) is 0. The molecule has 0 aromatic heterocycles. The Morgan fingerprint density at radius 3 is 2.14 bits per heavy atom. The largest absolute Gasteiger partial charge is 0.330 e. The summed E-state index contributed by atoms with van der Waals surface area (Å²) in [7, 11) is 0. The Hall–Kier alpha value is -1.60. The van der Waals surface area contributed by atoms with Crippen molar-refractivity contribution in [1.82, 2.24) is 0 Å². The summed E-state index contributed by atoms with van der Waals surface area (Å²) in [6, 6.07) is 0.115. The molecule has 214 valence electrons. The summed E-state index contributed by atoms with van der Waals surface area (Å²) in [5, 5.41) is 0. The Kier molecular flexibility index (Phi) is 29.4. The summed E-state index contributed by atoms with van der Waals surface area (Å²) in [6.07, 6.45) is 30.8. The zero-order valence-corrected chi connectivity index (χ0v) is 25.7. The van der Waals surface area contributed by atoms with Crippen LogP contribution in [-0.2, 0) is 0 Å². The van der Waals surface area contributed by atoms with E-state index in [1.165, 1.54) is 101 Å². The molecule has 1 rings (SSSR count). The average Bonchev–Trinajstić information content (AvgIpc) is 2.88. The van der Waals surface area contributed by atoms with Crippen molar-refractivity contribution < 1.29 is 0 Å². The van der Waals surface area contributed by atoms with Crippen molar-refractivity contribution in [2.45, 2.75) is 150 Å². The SMILES string of the molecule is C=C(C)C1=C(C)CCC=C1CCCCCCC/C=C/CCCCCC.C=C=CC(N)CCCCN.CC. The van der Waals surface area contributed by atoms with Gasteiger partial charge in [0, 0.05) is 6.04 Å². The normalized spacial score (nSPS) is 13.6. The minimum absolute atomic E-state index is 0.115. The summed E-state index contributed by atoms with van der Waals surface area (Å²) in [6.45, 7) is 19.1. The molecule has 0 saturated carbocycles. The highest BCUT2D eigenvalue weighted by Gasteiger charge is 2.13. The Morgan fingerprint density at radius 2 is 1.57 bits per heavy atom. The van der Waals surface area contributed by atoms with Gasteiger partial charge in [-0.05, 0) is 102 Å². The molecule has 2 heteroatoms. The Bertz CT molecular complexity index is 673. The van der Waals surface area contributed by atoms with Crippen LogP contribution in [0, 0.1) is 0 Å². The minimum Gasteiger partial charge on any atom is -0.330 e. The second-order valence-electron chi connectivity index (χ2n) is 10.1. The van der Waals surface area contributed by atoms with Crippen LogP contribution in [-0.4, -0.2) is 12.6 Å². The van der Waals surface area contributed by atoms with Crippen LogP contribution < -0.4 is 11.5 Å². The first kappa shape index (κ1) is 37.6. The average molecular weight is 513 g/mol. The fourth-order valence-electron chi connectivity index (χ4n) is 4.62. The van der Waals surface area contributed by atoms with Crippen molar-refractivity contribution in [3.63, 3.8) is 0 Å². The quantitative estimate of drug-likeness (QED) is 0.103. The van der Waals surface area contributed by atoms with Crippen LogP contribution in [0.15, 0.2) is 65.5 Å². The Labute approximate surface area is 233 Å². The van der Waals surface area contributed by atoms with Crippen LogP contribution in [0.5, 0.6) is 0 Å². The fraction of sp³-hybridized carbons (Fsp3) is 0.686. The third-order valence-corrected chi connectivity index (χ3v) is 6.62. The summed E-state index contributed by atoms with van der Waals surface area (Å²) in [5.74, 6) is 0. The first-order chi connectivity index (χ1) is 18.0. The van der Waals surface area contributed by atoms with Gasteiger partial charge in [0.2, 0.25) is 0 Å². The van der Waals surface area contributed by atoms with Crippen molar-refractivity contribution in [1.29, 1.82) is 0 Å². The molecule has 0 spiro atoms. The number of allylic oxidation sites excluding steroid dienone is 7. The van der Waals surface area contributed by atoms with Gasteiger partial charge in [-0.3, -0.25) is 0 Å². The van der Waals surface area contributed by atoms with Gasteiger partial charge in [-0.1, -0.05) is 108 Å². The topological polar surface area (TPSA) is 52.0 Å². The molecule has 2 nitrogen and oxygen atoms in total. The standard InChI is InChI=1S/C25H42.C8H16N2.C2H6/c1-5-6-7-8-9-10-11-12-13-14-15-16-17-20-24-21-18-19-23(4)25(24)22(2)3;1-2-5-8(10)6-3-4-7-9;1-2/h10-11,21H,2,5-9,12-20H2,1,3-4H3;5,8H,1,3-4,6-7,9-10H2;1-2H3/b11-10+;;. The second-order valence-corrected chi connectivity index (χ2v) is 10.1. The molecule has 0 aliphatic heterocycles. The van der Waals surface area contributed by atoms with Gasteiger partial charge in [0.05, 0.1) is 0 Å². The summed E-state index contributed by atoms with van der Waals surface area (Å²) in [5.41, 5.74) is 19.5. The molecule has 0 bridgehead atoms. The van der Waals surface area contributed by atoms with Crippen LogP contribution in [0.1, 0.15) is 144 Å². The predicted molar refractivity (Wildman–Crippen MR) is 171 cm³/mol. The molecule has 0 radical (unpaired) electrons. The van der Waals surface area contributed by atoms with E-state index >= 15 is 0 Å². The van der Waals surface area contributed by atoms with E-state index < -0.39 is 0 Å². The fourth-order valence-corrected chi connectivity index (χ4v) is 4.62. The van der Waals surface area contributed by atoms with Crippen LogP contribution in [0.25, 0.3) is 0 Å². The Morgan fingerprint density at radius 1 is 0.973 bits per heavy atom. The number of hydrogen-bond acceptors (Lipinski definition) is 2. The lowest BCUT2D eigenvalue weighted by atomic mass is 9.85. The van der Waals surface area contributed by atoms with E-state index in [2.05, 4.69) is 57.9 Å². The first-order valence-electron chi connectivity index (χ1n) is 15.5. The molecule has 0 fully saturated rings. The van der Waals surface area contributed by atoms with Crippen molar-refractivity contribution in [2.24, 2.45) is 11.5 Å². The highest BCUT2D eigenvalue weighted by molar-refractivity contribution is 5.49. The van der Waals surface area contributed by atoms with Crippen molar-refractivity contribution >= 4 is 0 Å². The molecule has 0 heterocycles. The van der Waals surface area contributed by atoms with Crippen molar-refractivity contribution in [2.75, 3.05) is 6.54 Å². The van der Waals surface area contributed by atoms with Gasteiger partial charge in [-0.15, -0.1) is 5.73 Å². The molecule has 1 atom stereocenters. The molecular formula is C35H64N2. The van der Waals surface area contributed by atoms with Crippen LogP contribution in [0.4, 0.5) is 0 Å². The van der Waals surface area contributed by atoms with Gasteiger partial charge < -0.3 is 11.5 Å². The van der Waals surface area contributed by atoms with Gasteiger partial charge in [-0.2, -0.15) is 0 Å². The van der Waals surface area contributed by atoms with Gasteiger partial charge in [0.25, 0.3) is 0 Å². The third-order valence-electron chi connectivity index (χ3n) is 6.62. The lowest BCUT2D eigenvalue weighted by Crippen LogP contribution is -2.16. The zero-order valence-electron chi connectivity index (χ0n) is 25.7. The molecule has 37 heavy (non-hydrogen) atoms. The number of rotatable bonds is 19. The Balaban J connectivity index is 0. The van der Waals surface area contributed by atoms with E-state index in [1.807, 2.05) is 13.8 Å². The molecule has 0 amide bonds. The van der Waals surface area contributed by atoms with E-state index in [1.54, 1.807) is 17.2 Å². The molecular weight excluding hydrogens is 448 g/mol. The smallest absolute Gasteiger partial charge is 0.0299 e. The highest BCUT2D eigenvalue weighted by atomic mass is 14.6. The van der Waals surface area contributed by atoms with E-state index in [0.29, 0.717) is 0 Å². The second kappa shape index (κ2) is 29.0. The number of hydrogen-bond donors (Lipinski definition) is 2. The monoisotopic (exact) mass is 513 g/mol. The van der Waals surface area contributed by atoms with E-state index in [9.17, 15) is 0 Å². The molecule has 1 aliphatic rings. The molecule has 0 saturated heterocycles. The number of unbranched alkanes of at least 4 members (excludes halogenated alkanes) is 10.